The topological polar surface area (TPSA) is 178 Å². The predicted molar refractivity (Wildman–Crippen MR) is 273 cm³/mol. The lowest BCUT2D eigenvalue weighted by molar-refractivity contribution is -0.302. The Kier molecular flexibility index (Phi) is 26.0. The fourth-order valence-corrected chi connectivity index (χ4v) is 11.5. The van der Waals surface area contributed by atoms with Gasteiger partial charge >= 0.3 is 5.97 Å². The first-order chi connectivity index (χ1) is 33.5. The number of aliphatic hydroxyl groups is 3. The molecule has 2 bridgehead atoms. The van der Waals surface area contributed by atoms with Crippen LogP contribution >= 0.6 is 0 Å². The van der Waals surface area contributed by atoms with Gasteiger partial charge in [0.05, 0.1) is 30.5 Å². The first kappa shape index (κ1) is 59.8. The van der Waals surface area contributed by atoms with Crippen molar-refractivity contribution in [1.82, 2.24) is 4.90 Å². The van der Waals surface area contributed by atoms with Gasteiger partial charge in [0.2, 0.25) is 5.79 Å². The first-order valence-corrected chi connectivity index (χ1v) is 27.4. The number of ketones is 2. The molecule has 3 fully saturated rings. The molecule has 70 heavy (non-hydrogen) atoms. The summed E-state index contributed by atoms with van der Waals surface area (Å²) in [5.74, 6) is -7.63. The Morgan fingerprint density at radius 3 is 2.06 bits per heavy atom. The van der Waals surface area contributed by atoms with Crippen molar-refractivity contribution in [2.45, 2.75) is 244 Å². The monoisotopic (exact) mass is 986 g/mol. The van der Waals surface area contributed by atoms with E-state index in [0.29, 0.717) is 56.9 Å². The maximum Gasteiger partial charge on any atom is 0.329 e. The number of methoxy groups -OCH3 is 3. The lowest BCUT2D eigenvalue weighted by atomic mass is 9.81. The Hall–Kier alpha value is -2.78. The van der Waals surface area contributed by atoms with E-state index in [-0.39, 0.29) is 49.5 Å². The van der Waals surface area contributed by atoms with Gasteiger partial charge < -0.3 is 43.9 Å². The molecule has 0 spiro atoms. The zero-order valence-corrected chi connectivity index (χ0v) is 44.7. The lowest BCUT2D eigenvalue weighted by Crippen LogP contribution is -2.64. The zero-order chi connectivity index (χ0) is 51.4. The average molecular weight is 986 g/mol. The predicted octanol–water partition coefficient (Wildman–Crippen LogP) is 9.71. The zero-order valence-electron chi connectivity index (χ0n) is 44.7. The number of unbranched alkanes of at least 4 members (excludes halogenated alkanes) is 11. The van der Waals surface area contributed by atoms with Crippen molar-refractivity contribution in [1.29, 1.82) is 0 Å². The van der Waals surface area contributed by atoms with E-state index in [1.807, 2.05) is 26.0 Å². The third-order valence-corrected chi connectivity index (χ3v) is 16.0. The number of ether oxygens (including phenoxy) is 5. The second-order valence-electron chi connectivity index (χ2n) is 21.8. The summed E-state index contributed by atoms with van der Waals surface area (Å²) in [7, 11) is 4.68. The van der Waals surface area contributed by atoms with Crippen molar-refractivity contribution in [3.8, 4) is 0 Å². The highest BCUT2D eigenvalue weighted by atomic mass is 16.7. The number of aliphatic hydroxyl groups excluding tert-OH is 2. The van der Waals surface area contributed by atoms with Crippen LogP contribution in [0.25, 0.3) is 0 Å². The second-order valence-corrected chi connectivity index (χ2v) is 21.8. The van der Waals surface area contributed by atoms with Gasteiger partial charge in [-0.3, -0.25) is 14.4 Å². The molecule has 2 saturated heterocycles. The molecule has 0 aromatic carbocycles. The Balaban J connectivity index is 1.65. The van der Waals surface area contributed by atoms with Gasteiger partial charge in [0.15, 0.2) is 0 Å². The number of carbonyl (C=O) groups is 4. The molecular weight excluding hydrogens is 891 g/mol. The molecule has 13 nitrogen and oxygen atoms in total. The number of fused-ring (bicyclic) bond motifs is 3. The van der Waals surface area contributed by atoms with Crippen molar-refractivity contribution >= 4 is 23.4 Å². The van der Waals surface area contributed by atoms with Gasteiger partial charge in [-0.2, -0.15) is 0 Å². The number of allylic oxidation sites excluding steroid dienone is 5. The third kappa shape index (κ3) is 17.4. The number of Topliss-reactive ketones (excluding diaryl/α,β-unsaturated/α-hetero) is 2. The molecular formula is C57H95NO12. The normalized spacial score (nSPS) is 35.8. The SMILES string of the molecule is CCCCCCCCCCCCC/C=C/C[C@@H]1/C=C(\C)C[C@H](C)C[C@H](OC)[C@H]2O[C@@](O)(C(=O)C(=O)N3CCCC[C@H]3C(=O)O[C@H](/C(C)=C/[C@@H]3CC[C@@H](O)[C@H](OC)C3)[C@H](C)[C@@H](O)CC1=O)[C@H](C)C[C@@H]2OC. The molecule has 1 amide bonds. The van der Waals surface area contributed by atoms with Crippen molar-refractivity contribution in [2.24, 2.45) is 29.6 Å². The number of hydrogen-bond donors (Lipinski definition) is 3. The van der Waals surface area contributed by atoms with Gasteiger partial charge in [-0.1, -0.05) is 122 Å². The van der Waals surface area contributed by atoms with Crippen LogP contribution in [-0.4, -0.2) is 126 Å². The number of carbonyl (C=O) groups excluding carboxylic acids is 4. The van der Waals surface area contributed by atoms with Gasteiger partial charge in [0.25, 0.3) is 11.7 Å². The molecule has 3 heterocycles. The van der Waals surface area contributed by atoms with E-state index >= 15 is 0 Å². The number of amides is 1. The molecule has 400 valence electrons. The summed E-state index contributed by atoms with van der Waals surface area (Å²) >= 11 is 0. The Morgan fingerprint density at radius 1 is 0.786 bits per heavy atom. The van der Waals surface area contributed by atoms with Crippen LogP contribution in [0.3, 0.4) is 0 Å². The molecule has 14 atom stereocenters. The third-order valence-electron chi connectivity index (χ3n) is 16.0. The Morgan fingerprint density at radius 2 is 1.41 bits per heavy atom. The summed E-state index contributed by atoms with van der Waals surface area (Å²) in [6.07, 6.45) is 22.9. The number of nitrogens with zero attached hydrogens (tertiary/aromatic N) is 1. The summed E-state index contributed by atoms with van der Waals surface area (Å²) in [5.41, 5.74) is 1.67. The first-order valence-electron chi connectivity index (χ1n) is 27.4. The van der Waals surface area contributed by atoms with E-state index in [0.717, 1.165) is 18.4 Å². The maximum absolute atomic E-state index is 14.5. The standard InChI is InChI=1S/C57H95NO12/c1-10-11-12-13-14-15-16-17-18-19-20-21-22-23-26-44-32-38(2)31-39(3)33-50(67-8)53-51(68-9)35-41(5)57(65,70-53)54(62)55(63)58-30-25-24-27-45(58)56(64)69-52(42(6)47(60)37-48(44)61)40(4)34-43-28-29-46(59)49(36-43)66-7/h22-23,32,34,39,41-47,49-53,59-60,65H,10-21,24-31,33,35-37H2,1-9H3/b23-22+,38-32+,40-34+/t39-,41+,42+,43-,44+,45-,46+,47-,49+,50-,51-,52+,53+,57+/m0/s1. The highest BCUT2D eigenvalue weighted by Crippen LogP contribution is 2.39. The highest BCUT2D eigenvalue weighted by molar-refractivity contribution is 6.39. The summed E-state index contributed by atoms with van der Waals surface area (Å²) in [4.78, 5) is 59.0. The summed E-state index contributed by atoms with van der Waals surface area (Å²) < 4.78 is 30.2. The minimum absolute atomic E-state index is 0.0113. The minimum atomic E-state index is -2.51. The second kappa shape index (κ2) is 30.4. The number of cyclic esters (lactones) is 1. The fourth-order valence-electron chi connectivity index (χ4n) is 11.5. The van der Waals surface area contributed by atoms with Crippen LogP contribution in [0.4, 0.5) is 0 Å². The van der Waals surface area contributed by atoms with E-state index in [4.69, 9.17) is 23.7 Å². The minimum Gasteiger partial charge on any atom is -0.456 e. The smallest absolute Gasteiger partial charge is 0.329 e. The van der Waals surface area contributed by atoms with Gasteiger partial charge in [-0.15, -0.1) is 0 Å². The fraction of sp³-hybridized carbons (Fsp3) is 0.825. The van der Waals surface area contributed by atoms with Gasteiger partial charge in [0, 0.05) is 52.0 Å². The average Bonchev–Trinajstić information content (AvgIpc) is 3.34. The Bertz CT molecular complexity index is 1710. The van der Waals surface area contributed by atoms with Crippen LogP contribution in [0.15, 0.2) is 35.5 Å². The lowest BCUT2D eigenvalue weighted by Gasteiger charge is -2.47. The molecule has 0 radical (unpaired) electrons. The van der Waals surface area contributed by atoms with E-state index in [1.165, 1.54) is 69.1 Å². The molecule has 13 heteroatoms. The quantitative estimate of drug-likeness (QED) is 0.0484. The van der Waals surface area contributed by atoms with Crippen molar-refractivity contribution in [3.05, 3.63) is 35.5 Å². The van der Waals surface area contributed by atoms with E-state index in [1.54, 1.807) is 35.2 Å². The molecule has 0 aromatic heterocycles. The number of rotatable bonds is 19. The van der Waals surface area contributed by atoms with Crippen LogP contribution in [0, 0.1) is 29.6 Å². The number of piperidine rings is 1. The molecule has 0 aromatic rings. The molecule has 4 rings (SSSR count). The summed E-state index contributed by atoms with van der Waals surface area (Å²) in [5, 5.41) is 34.8. The van der Waals surface area contributed by atoms with Gasteiger partial charge in [-0.25, -0.2) is 4.79 Å². The summed E-state index contributed by atoms with van der Waals surface area (Å²) in [6.45, 7) is 11.7. The van der Waals surface area contributed by atoms with Crippen LogP contribution in [0.1, 0.15) is 189 Å². The van der Waals surface area contributed by atoms with Gasteiger partial charge in [0.1, 0.15) is 24.0 Å². The van der Waals surface area contributed by atoms with Crippen LogP contribution in [0.5, 0.6) is 0 Å². The van der Waals surface area contributed by atoms with Crippen molar-refractivity contribution in [2.75, 3.05) is 27.9 Å². The van der Waals surface area contributed by atoms with Crippen molar-refractivity contribution in [3.63, 3.8) is 0 Å². The van der Waals surface area contributed by atoms with E-state index < -0.39 is 83.9 Å². The van der Waals surface area contributed by atoms with Crippen LogP contribution in [0.2, 0.25) is 0 Å². The van der Waals surface area contributed by atoms with E-state index in [2.05, 4.69) is 26.0 Å². The molecule has 0 unspecified atom stereocenters. The highest BCUT2D eigenvalue weighted by Gasteiger charge is 2.56. The molecule has 3 N–H and O–H groups in total. The van der Waals surface area contributed by atoms with Gasteiger partial charge in [-0.05, 0) is 108 Å². The molecule has 3 aliphatic heterocycles. The molecule has 1 saturated carbocycles. The van der Waals surface area contributed by atoms with Crippen LogP contribution < -0.4 is 0 Å². The molecule has 1 aliphatic carbocycles. The number of esters is 1. The number of hydrogen-bond acceptors (Lipinski definition) is 12. The molecule has 4 aliphatic rings. The maximum atomic E-state index is 14.5. The van der Waals surface area contributed by atoms with E-state index in [9.17, 15) is 34.5 Å². The van der Waals surface area contributed by atoms with Crippen molar-refractivity contribution < 1.29 is 58.2 Å². The van der Waals surface area contributed by atoms with Crippen LogP contribution in [-0.2, 0) is 42.9 Å². The Labute approximate surface area is 421 Å². The summed E-state index contributed by atoms with van der Waals surface area (Å²) in [6, 6.07) is -1.14. The largest absolute Gasteiger partial charge is 0.456 e.